The molecule has 1 aliphatic heterocycles. The number of rotatable bonds is 8. The van der Waals surface area contributed by atoms with E-state index in [4.69, 9.17) is 9.84 Å². The van der Waals surface area contributed by atoms with Crippen LogP contribution in [0.2, 0.25) is 0 Å². The highest BCUT2D eigenvalue weighted by atomic mass is 19.1. The number of carbonyl (C=O) groups is 1. The highest BCUT2D eigenvalue weighted by Crippen LogP contribution is 2.44. The molecule has 1 saturated heterocycles. The van der Waals surface area contributed by atoms with Crippen molar-refractivity contribution in [2.75, 3.05) is 6.61 Å². The predicted molar refractivity (Wildman–Crippen MR) is 89.4 cm³/mol. The number of aromatic carboxylic acids is 1. The summed E-state index contributed by atoms with van der Waals surface area (Å²) < 4.78 is 19.3. The Bertz CT molecular complexity index is 875. The summed E-state index contributed by atoms with van der Waals surface area (Å²) in [5.74, 6) is -5.33. The topological polar surface area (TPSA) is 206 Å². The van der Waals surface area contributed by atoms with Crippen molar-refractivity contribution in [3.8, 4) is 0 Å². The van der Waals surface area contributed by atoms with Gasteiger partial charge >= 0.3 is 17.6 Å². The summed E-state index contributed by atoms with van der Waals surface area (Å²) in [7, 11) is 0. The Kier molecular flexibility index (Phi) is 6.58. The quantitative estimate of drug-likeness (QED) is 0.132. The normalized spacial score (nSPS) is 30.6. The molecule has 0 radical (unpaired) electrons. The molecular weight excluding hydrogens is 401 g/mol. The maximum absolute atomic E-state index is 14.5. The maximum Gasteiger partial charge on any atom is 0.342 e. The summed E-state index contributed by atoms with van der Waals surface area (Å²) >= 11 is 0. The zero-order chi connectivity index (χ0) is 22.1. The summed E-state index contributed by atoms with van der Waals surface area (Å²) in [5, 5.41) is 60.3. The molecule has 1 aliphatic rings. The molecule has 0 amide bonds. The van der Waals surface area contributed by atoms with Gasteiger partial charge in [0.05, 0.1) is 6.61 Å². The first kappa shape index (κ1) is 23.1. The van der Waals surface area contributed by atoms with Crippen LogP contribution in [0.15, 0.2) is 15.8 Å². The number of halogens is 1. The molecule has 164 valence electrons. The molecule has 0 spiro atoms. The van der Waals surface area contributed by atoms with Crippen LogP contribution in [0.5, 0.6) is 0 Å². The van der Waals surface area contributed by atoms with Gasteiger partial charge < -0.3 is 35.5 Å². The van der Waals surface area contributed by atoms with E-state index < -0.39 is 64.6 Å². The lowest BCUT2D eigenvalue weighted by molar-refractivity contribution is -0.428. The van der Waals surface area contributed by atoms with Gasteiger partial charge in [0.15, 0.2) is 6.30 Å². The molecule has 0 aliphatic carbocycles. The summed E-state index contributed by atoms with van der Waals surface area (Å²) in [6.45, 7) is 0.664. The van der Waals surface area contributed by atoms with Crippen molar-refractivity contribution in [1.82, 2.24) is 14.6 Å². The molecule has 1 unspecified atom stereocenters. The number of carboxylic acid groups (broad SMARTS) is 1. The third-order valence-corrected chi connectivity index (χ3v) is 4.65. The molecule has 1 aromatic rings. The number of aromatic nitrogens is 2. The lowest BCUT2D eigenvalue weighted by Crippen LogP contribution is -2.70. The fourth-order valence-corrected chi connectivity index (χ4v) is 3.03. The van der Waals surface area contributed by atoms with Gasteiger partial charge in [-0.1, -0.05) is 13.3 Å². The number of H-pyrrole nitrogens is 1. The molecule has 7 N–H and O–H groups in total. The Hall–Kier alpha value is -2.20. The van der Waals surface area contributed by atoms with E-state index in [9.17, 15) is 44.4 Å². The number of alkyl halides is 1. The fourth-order valence-electron chi connectivity index (χ4n) is 3.03. The van der Waals surface area contributed by atoms with Crippen molar-refractivity contribution in [2.24, 2.45) is 0 Å². The largest absolute Gasteiger partial charge is 0.477 e. The van der Waals surface area contributed by atoms with Gasteiger partial charge in [-0.2, -0.15) is 0 Å². The second-order valence-corrected chi connectivity index (χ2v) is 6.52. The third-order valence-electron chi connectivity index (χ3n) is 4.65. The molecule has 14 heteroatoms. The summed E-state index contributed by atoms with van der Waals surface area (Å²) in [6.07, 6.45) is -5.90. The standard InChI is InChI=1S/C15H22FN3O10/c1-2-3-4-9(16)19(28)14(26)10(21)8(6-20)29-15(14,27)18-5-7(12(23)24)11(22)17-13(18)25/h5,8-10,20-21,26-28H,2-4,6H2,1H3,(H,23,24)(H,17,22,25)/t8-,9?,10-,14-,15-/m1/s1. The minimum Gasteiger partial charge on any atom is -0.477 e. The Morgan fingerprint density at radius 2 is 2.07 bits per heavy atom. The van der Waals surface area contributed by atoms with E-state index in [2.05, 4.69) is 0 Å². The molecule has 1 aromatic heterocycles. The van der Waals surface area contributed by atoms with Crippen LogP contribution in [-0.2, 0) is 10.6 Å². The number of aromatic amines is 1. The van der Waals surface area contributed by atoms with Crippen molar-refractivity contribution in [3.05, 3.63) is 32.6 Å². The molecule has 1 fully saturated rings. The lowest BCUT2D eigenvalue weighted by Gasteiger charge is -2.43. The monoisotopic (exact) mass is 423 g/mol. The van der Waals surface area contributed by atoms with Crippen LogP contribution in [0.25, 0.3) is 0 Å². The second kappa shape index (κ2) is 8.27. The third kappa shape index (κ3) is 3.59. The molecule has 2 heterocycles. The fraction of sp³-hybridized carbons (Fsp3) is 0.667. The van der Waals surface area contributed by atoms with E-state index >= 15 is 0 Å². The number of unbranched alkanes of at least 4 members (excludes halogenated alkanes) is 1. The van der Waals surface area contributed by atoms with Crippen LogP contribution in [0, 0.1) is 0 Å². The van der Waals surface area contributed by atoms with Crippen molar-refractivity contribution in [2.45, 2.75) is 56.3 Å². The lowest BCUT2D eigenvalue weighted by atomic mass is 10.00. The number of nitrogens with zero attached hydrogens (tertiary/aromatic N) is 2. The SMILES string of the molecule is CCCCC(F)N(O)[C@@]1(O)[C@H](O)[C@@H](CO)O[C@@]1(O)n1cc(C(=O)O)c(=O)[nH]c1=O. The van der Waals surface area contributed by atoms with E-state index in [0.29, 0.717) is 6.42 Å². The van der Waals surface area contributed by atoms with Crippen molar-refractivity contribution < 1.29 is 44.7 Å². The number of aliphatic hydroxyl groups excluding tert-OH is 2. The first-order chi connectivity index (χ1) is 13.4. The van der Waals surface area contributed by atoms with Crippen LogP contribution >= 0.6 is 0 Å². The van der Waals surface area contributed by atoms with E-state index in [1.165, 1.54) is 0 Å². The van der Waals surface area contributed by atoms with E-state index in [1.54, 1.807) is 11.9 Å². The smallest absolute Gasteiger partial charge is 0.342 e. The Morgan fingerprint density at radius 3 is 2.59 bits per heavy atom. The van der Waals surface area contributed by atoms with Crippen molar-refractivity contribution in [1.29, 1.82) is 0 Å². The van der Waals surface area contributed by atoms with Gasteiger partial charge in [-0.15, -0.1) is 5.06 Å². The minimum atomic E-state index is -3.50. The van der Waals surface area contributed by atoms with Crippen molar-refractivity contribution in [3.63, 3.8) is 0 Å². The predicted octanol–water partition coefficient (Wildman–Crippen LogP) is -2.54. The van der Waals surface area contributed by atoms with Gasteiger partial charge in [0.25, 0.3) is 5.56 Å². The zero-order valence-corrected chi connectivity index (χ0v) is 15.2. The van der Waals surface area contributed by atoms with Gasteiger partial charge in [-0.25, -0.2) is 18.5 Å². The Balaban J connectivity index is 2.69. The average Bonchev–Trinajstić information content (AvgIpc) is 2.87. The molecule has 13 nitrogen and oxygen atoms in total. The van der Waals surface area contributed by atoms with Gasteiger partial charge in [0.1, 0.15) is 17.8 Å². The van der Waals surface area contributed by atoms with Gasteiger partial charge in [-0.3, -0.25) is 9.78 Å². The maximum atomic E-state index is 14.5. The Morgan fingerprint density at radius 1 is 1.45 bits per heavy atom. The summed E-state index contributed by atoms with van der Waals surface area (Å²) in [6, 6.07) is 0. The number of hydrogen-bond acceptors (Lipinski definition) is 10. The molecule has 5 atom stereocenters. The van der Waals surface area contributed by atoms with E-state index in [-0.39, 0.29) is 23.6 Å². The Labute approximate surface area is 161 Å². The molecule has 29 heavy (non-hydrogen) atoms. The molecule has 2 rings (SSSR count). The second-order valence-electron chi connectivity index (χ2n) is 6.52. The van der Waals surface area contributed by atoms with Crippen LogP contribution in [0.4, 0.5) is 4.39 Å². The minimum absolute atomic E-state index is 0.0352. The molecule has 0 bridgehead atoms. The zero-order valence-electron chi connectivity index (χ0n) is 15.2. The van der Waals surface area contributed by atoms with Crippen LogP contribution in [0.1, 0.15) is 36.5 Å². The number of aliphatic hydroxyl groups is 4. The first-order valence-corrected chi connectivity index (χ1v) is 8.59. The highest BCUT2D eigenvalue weighted by Gasteiger charge is 2.71. The number of hydrogen-bond donors (Lipinski definition) is 7. The number of hydroxylamine groups is 2. The molecular formula is C15H22FN3O10. The molecule has 0 saturated carbocycles. The van der Waals surface area contributed by atoms with Gasteiger partial charge in [0, 0.05) is 6.20 Å². The number of nitrogens with one attached hydrogen (secondary N) is 1. The summed E-state index contributed by atoms with van der Waals surface area (Å²) in [4.78, 5) is 36.5. The van der Waals surface area contributed by atoms with Crippen LogP contribution < -0.4 is 11.2 Å². The average molecular weight is 423 g/mol. The van der Waals surface area contributed by atoms with E-state index in [1.807, 2.05) is 0 Å². The van der Waals surface area contributed by atoms with Gasteiger partial charge in [0.2, 0.25) is 5.72 Å². The van der Waals surface area contributed by atoms with E-state index in [0.717, 1.165) is 0 Å². The first-order valence-electron chi connectivity index (χ1n) is 8.59. The van der Waals surface area contributed by atoms with Crippen LogP contribution in [0.3, 0.4) is 0 Å². The van der Waals surface area contributed by atoms with Gasteiger partial charge in [-0.05, 0) is 12.8 Å². The number of carboxylic acids is 1. The number of ether oxygens (including phenoxy) is 1. The molecule has 0 aromatic carbocycles. The van der Waals surface area contributed by atoms with Crippen molar-refractivity contribution >= 4 is 5.97 Å². The summed E-state index contributed by atoms with van der Waals surface area (Å²) in [5.41, 5.74) is -7.41. The highest BCUT2D eigenvalue weighted by molar-refractivity contribution is 5.86. The van der Waals surface area contributed by atoms with Crippen LogP contribution in [-0.4, -0.2) is 82.2 Å².